The Morgan fingerprint density at radius 1 is 1.25 bits per heavy atom. The SMILES string of the molecule is CCC(CC)NC(=O)CNCCC(F)(F)F. The molecule has 0 aromatic rings. The summed E-state index contributed by atoms with van der Waals surface area (Å²) in [6, 6.07) is 0.108. The van der Waals surface area contributed by atoms with E-state index in [1.165, 1.54) is 0 Å². The van der Waals surface area contributed by atoms with E-state index < -0.39 is 12.6 Å². The van der Waals surface area contributed by atoms with Crippen LogP contribution in [0, 0.1) is 0 Å². The second-order valence-corrected chi connectivity index (χ2v) is 3.62. The van der Waals surface area contributed by atoms with Crippen molar-refractivity contribution in [3.05, 3.63) is 0 Å². The van der Waals surface area contributed by atoms with Gasteiger partial charge in [0.25, 0.3) is 0 Å². The van der Waals surface area contributed by atoms with Crippen molar-refractivity contribution in [3.8, 4) is 0 Å². The van der Waals surface area contributed by atoms with E-state index in [1.54, 1.807) is 0 Å². The number of carbonyl (C=O) groups excluding carboxylic acids is 1. The van der Waals surface area contributed by atoms with Crippen LogP contribution >= 0.6 is 0 Å². The number of rotatable bonds is 7. The first-order valence-electron chi connectivity index (χ1n) is 5.45. The molecule has 0 saturated carbocycles. The van der Waals surface area contributed by atoms with Gasteiger partial charge in [0.1, 0.15) is 0 Å². The van der Waals surface area contributed by atoms with Crippen LogP contribution in [0.4, 0.5) is 13.2 Å². The Hall–Kier alpha value is -0.780. The van der Waals surface area contributed by atoms with Gasteiger partial charge in [-0.3, -0.25) is 4.79 Å². The van der Waals surface area contributed by atoms with Crippen molar-refractivity contribution < 1.29 is 18.0 Å². The molecule has 16 heavy (non-hydrogen) atoms. The van der Waals surface area contributed by atoms with E-state index in [2.05, 4.69) is 10.6 Å². The standard InChI is InChI=1S/C10H19F3N2O/c1-3-8(4-2)15-9(16)7-14-6-5-10(11,12)13/h8,14H,3-7H2,1-2H3,(H,15,16). The predicted molar refractivity (Wildman–Crippen MR) is 56.1 cm³/mol. The summed E-state index contributed by atoms with van der Waals surface area (Å²) in [5.74, 6) is -0.254. The predicted octanol–water partition coefficient (Wildman–Crippen LogP) is 1.83. The van der Waals surface area contributed by atoms with Gasteiger partial charge in [0.15, 0.2) is 0 Å². The summed E-state index contributed by atoms with van der Waals surface area (Å²) < 4.78 is 35.3. The van der Waals surface area contributed by atoms with Crippen LogP contribution < -0.4 is 10.6 Å². The van der Waals surface area contributed by atoms with Gasteiger partial charge in [-0.1, -0.05) is 13.8 Å². The van der Waals surface area contributed by atoms with Gasteiger partial charge in [-0.05, 0) is 12.8 Å². The summed E-state index contributed by atoms with van der Waals surface area (Å²) in [4.78, 5) is 11.2. The molecule has 0 unspecified atom stereocenters. The zero-order valence-corrected chi connectivity index (χ0v) is 9.66. The van der Waals surface area contributed by atoms with Gasteiger partial charge in [-0.2, -0.15) is 13.2 Å². The summed E-state index contributed by atoms with van der Waals surface area (Å²) in [6.45, 7) is 3.61. The first kappa shape index (κ1) is 15.2. The van der Waals surface area contributed by atoms with Crippen LogP contribution in [-0.4, -0.2) is 31.2 Å². The average molecular weight is 240 g/mol. The second-order valence-electron chi connectivity index (χ2n) is 3.62. The quantitative estimate of drug-likeness (QED) is 0.667. The fourth-order valence-corrected chi connectivity index (χ4v) is 1.20. The third-order valence-electron chi connectivity index (χ3n) is 2.22. The van der Waals surface area contributed by atoms with Crippen molar-refractivity contribution in [2.45, 2.75) is 45.3 Å². The lowest BCUT2D eigenvalue weighted by atomic mass is 10.2. The van der Waals surface area contributed by atoms with Crippen LogP contribution in [0.25, 0.3) is 0 Å². The van der Waals surface area contributed by atoms with Gasteiger partial charge in [0.05, 0.1) is 13.0 Å². The van der Waals surface area contributed by atoms with Crippen molar-refractivity contribution >= 4 is 5.91 Å². The highest BCUT2D eigenvalue weighted by atomic mass is 19.4. The maximum absolute atomic E-state index is 11.8. The lowest BCUT2D eigenvalue weighted by molar-refractivity contribution is -0.134. The molecule has 0 aliphatic rings. The normalized spacial score (nSPS) is 11.9. The maximum Gasteiger partial charge on any atom is 0.390 e. The zero-order chi connectivity index (χ0) is 12.6. The van der Waals surface area contributed by atoms with Crippen LogP contribution in [0.1, 0.15) is 33.1 Å². The Morgan fingerprint density at radius 2 is 1.81 bits per heavy atom. The number of nitrogens with one attached hydrogen (secondary N) is 2. The Kier molecular flexibility index (Phi) is 7.12. The molecule has 0 saturated heterocycles. The number of carbonyl (C=O) groups is 1. The number of halogens is 3. The smallest absolute Gasteiger partial charge is 0.352 e. The summed E-state index contributed by atoms with van der Waals surface area (Å²) in [7, 11) is 0. The first-order chi connectivity index (χ1) is 7.39. The molecule has 0 aromatic carbocycles. The van der Waals surface area contributed by atoms with E-state index in [9.17, 15) is 18.0 Å². The minimum atomic E-state index is -4.17. The van der Waals surface area contributed by atoms with Gasteiger partial charge in [0, 0.05) is 12.6 Å². The molecule has 1 amide bonds. The lowest BCUT2D eigenvalue weighted by Crippen LogP contribution is -2.40. The molecular formula is C10H19F3N2O. The van der Waals surface area contributed by atoms with Crippen molar-refractivity contribution in [1.29, 1.82) is 0 Å². The molecule has 0 spiro atoms. The minimum absolute atomic E-state index is 0.0629. The van der Waals surface area contributed by atoms with Gasteiger partial charge in [0.2, 0.25) is 5.91 Å². The molecule has 0 rings (SSSR count). The van der Waals surface area contributed by atoms with E-state index in [0.29, 0.717) is 0 Å². The third-order valence-corrected chi connectivity index (χ3v) is 2.22. The topological polar surface area (TPSA) is 41.1 Å². The van der Waals surface area contributed by atoms with Gasteiger partial charge >= 0.3 is 6.18 Å². The van der Waals surface area contributed by atoms with Crippen molar-refractivity contribution in [2.75, 3.05) is 13.1 Å². The lowest BCUT2D eigenvalue weighted by Gasteiger charge is -2.15. The van der Waals surface area contributed by atoms with Crippen LogP contribution in [0.2, 0.25) is 0 Å². The second kappa shape index (κ2) is 7.49. The molecule has 0 bridgehead atoms. The number of hydrogen-bond donors (Lipinski definition) is 2. The van der Waals surface area contributed by atoms with E-state index in [-0.39, 0.29) is 25.0 Å². The molecule has 3 nitrogen and oxygen atoms in total. The molecule has 0 aromatic heterocycles. The van der Waals surface area contributed by atoms with Gasteiger partial charge < -0.3 is 10.6 Å². The van der Waals surface area contributed by atoms with E-state index >= 15 is 0 Å². The van der Waals surface area contributed by atoms with Crippen molar-refractivity contribution in [3.63, 3.8) is 0 Å². The Labute approximate surface area is 93.8 Å². The van der Waals surface area contributed by atoms with Crippen molar-refractivity contribution in [2.24, 2.45) is 0 Å². The number of alkyl halides is 3. The molecule has 0 heterocycles. The Morgan fingerprint density at radius 3 is 2.25 bits per heavy atom. The van der Waals surface area contributed by atoms with Crippen LogP contribution in [0.15, 0.2) is 0 Å². The van der Waals surface area contributed by atoms with E-state index in [0.717, 1.165) is 12.8 Å². The van der Waals surface area contributed by atoms with E-state index in [1.807, 2.05) is 13.8 Å². The van der Waals surface area contributed by atoms with Crippen LogP contribution in [-0.2, 0) is 4.79 Å². The molecule has 0 atom stereocenters. The minimum Gasteiger partial charge on any atom is -0.352 e. The molecule has 2 N–H and O–H groups in total. The van der Waals surface area contributed by atoms with E-state index in [4.69, 9.17) is 0 Å². The maximum atomic E-state index is 11.8. The molecule has 6 heteroatoms. The fourth-order valence-electron chi connectivity index (χ4n) is 1.20. The summed E-state index contributed by atoms with van der Waals surface area (Å²) in [5, 5.41) is 5.19. The summed E-state index contributed by atoms with van der Waals surface area (Å²) >= 11 is 0. The van der Waals surface area contributed by atoms with Crippen molar-refractivity contribution in [1.82, 2.24) is 10.6 Å². The summed E-state index contributed by atoms with van der Waals surface area (Å²) in [5.41, 5.74) is 0. The average Bonchev–Trinajstić information content (AvgIpc) is 2.19. The third kappa shape index (κ3) is 8.52. The Balaban J connectivity index is 3.58. The Bertz CT molecular complexity index is 203. The highest BCUT2D eigenvalue weighted by Crippen LogP contribution is 2.17. The van der Waals surface area contributed by atoms with Crippen LogP contribution in [0.3, 0.4) is 0 Å². The highest BCUT2D eigenvalue weighted by Gasteiger charge is 2.26. The summed E-state index contributed by atoms with van der Waals surface area (Å²) in [6.07, 6.45) is -3.43. The van der Waals surface area contributed by atoms with Gasteiger partial charge in [-0.25, -0.2) is 0 Å². The highest BCUT2D eigenvalue weighted by molar-refractivity contribution is 5.78. The zero-order valence-electron chi connectivity index (χ0n) is 9.66. The number of hydrogen-bond acceptors (Lipinski definition) is 2. The molecule has 0 aliphatic heterocycles. The molecule has 0 aliphatic carbocycles. The fraction of sp³-hybridized carbons (Fsp3) is 0.900. The first-order valence-corrected chi connectivity index (χ1v) is 5.45. The molecule has 0 fully saturated rings. The molecule has 96 valence electrons. The largest absolute Gasteiger partial charge is 0.390 e. The monoisotopic (exact) mass is 240 g/mol. The number of amides is 1. The van der Waals surface area contributed by atoms with Gasteiger partial charge in [-0.15, -0.1) is 0 Å². The molecular weight excluding hydrogens is 221 g/mol. The van der Waals surface area contributed by atoms with Crippen LogP contribution in [0.5, 0.6) is 0 Å². The molecule has 0 radical (unpaired) electrons.